The fraction of sp³-hybridized carbons (Fsp3) is 0. The van der Waals surface area contributed by atoms with E-state index in [2.05, 4.69) is 20.5 Å². The molecule has 0 saturated heterocycles. The number of aromatic amines is 1. The minimum atomic E-state index is -0.490. The number of hydrogen-bond acceptors (Lipinski definition) is 4. The summed E-state index contributed by atoms with van der Waals surface area (Å²) in [6.45, 7) is 0. The first kappa shape index (κ1) is 10.1. The van der Waals surface area contributed by atoms with Crippen LogP contribution in [0.15, 0.2) is 24.3 Å². The molecule has 1 heterocycles. The number of rotatable bonds is 2. The molecule has 82 valence electrons. The molecule has 0 spiro atoms. The van der Waals surface area contributed by atoms with Crippen LogP contribution < -0.4 is 11.1 Å². The van der Waals surface area contributed by atoms with Crippen LogP contribution in [0.1, 0.15) is 10.6 Å². The molecule has 6 nitrogen and oxygen atoms in total. The molecule has 0 aliphatic rings. The van der Waals surface area contributed by atoms with Crippen LogP contribution in [-0.2, 0) is 0 Å². The highest BCUT2D eigenvalue weighted by Crippen LogP contribution is 2.09. The lowest BCUT2D eigenvalue weighted by atomic mass is 10.3. The average Bonchev–Trinajstić information content (AvgIpc) is 2.68. The molecule has 1 aromatic heterocycles. The van der Waals surface area contributed by atoms with Crippen molar-refractivity contribution in [1.29, 1.82) is 0 Å². The molecule has 0 saturated carbocycles. The van der Waals surface area contributed by atoms with Crippen molar-refractivity contribution in [3.63, 3.8) is 0 Å². The number of H-pyrrole nitrogens is 1. The van der Waals surface area contributed by atoms with Gasteiger partial charge >= 0.3 is 0 Å². The number of hydrogen-bond donors (Lipinski definition) is 3. The van der Waals surface area contributed by atoms with E-state index >= 15 is 0 Å². The second kappa shape index (κ2) is 3.97. The molecule has 0 bridgehead atoms. The van der Waals surface area contributed by atoms with Gasteiger partial charge in [0, 0.05) is 5.69 Å². The molecule has 0 atom stereocenters. The van der Waals surface area contributed by atoms with Gasteiger partial charge in [-0.3, -0.25) is 9.89 Å². The molecule has 0 aliphatic heterocycles. The largest absolute Gasteiger partial charge is 0.366 e. The zero-order chi connectivity index (χ0) is 11.5. The van der Waals surface area contributed by atoms with Gasteiger partial charge < -0.3 is 11.1 Å². The van der Waals surface area contributed by atoms with Crippen molar-refractivity contribution in [3.05, 3.63) is 35.9 Å². The fourth-order valence-corrected chi connectivity index (χ4v) is 1.10. The molecular formula is C9H8FN5O. The molecule has 0 aliphatic carbocycles. The Morgan fingerprint density at radius 3 is 2.62 bits per heavy atom. The maximum absolute atomic E-state index is 12.6. The van der Waals surface area contributed by atoms with E-state index < -0.39 is 5.91 Å². The monoisotopic (exact) mass is 221 g/mol. The minimum absolute atomic E-state index is 0.00169. The Balaban J connectivity index is 2.10. The van der Waals surface area contributed by atoms with Gasteiger partial charge in [-0.15, -0.1) is 5.10 Å². The Hall–Kier alpha value is -2.44. The van der Waals surface area contributed by atoms with E-state index in [4.69, 9.17) is 5.73 Å². The summed E-state index contributed by atoms with van der Waals surface area (Å²) in [5, 5.41) is 8.38. The highest BCUT2D eigenvalue weighted by atomic mass is 19.1. The first-order chi connectivity index (χ1) is 7.65. The molecule has 1 aromatic carbocycles. The fourth-order valence-electron chi connectivity index (χ4n) is 1.10. The van der Waals surface area contributed by atoms with E-state index in [1.165, 1.54) is 24.3 Å². The van der Waals surface area contributed by atoms with Crippen molar-refractivity contribution in [2.45, 2.75) is 0 Å². The lowest BCUT2D eigenvalue weighted by Crippen LogP contribution is -2.13. The standard InChI is InChI=1S/C9H8FN5O/c10-5-1-3-6(4-2-5)12-8(16)7-13-9(11)15-14-7/h1-4H,(H,12,16)(H3,11,13,14,15). The molecule has 0 radical (unpaired) electrons. The van der Waals surface area contributed by atoms with Crippen LogP contribution in [-0.4, -0.2) is 21.1 Å². The number of anilines is 2. The van der Waals surface area contributed by atoms with E-state index in [9.17, 15) is 9.18 Å². The SMILES string of the molecule is Nc1n[nH]c(C(=O)Nc2ccc(F)cc2)n1. The Morgan fingerprint density at radius 1 is 1.38 bits per heavy atom. The lowest BCUT2D eigenvalue weighted by Gasteiger charge is -2.01. The molecule has 1 amide bonds. The summed E-state index contributed by atoms with van der Waals surface area (Å²) in [6, 6.07) is 5.36. The number of nitrogens with one attached hydrogen (secondary N) is 2. The number of aromatic nitrogens is 3. The molecule has 2 aromatic rings. The summed E-state index contributed by atoms with van der Waals surface area (Å²) < 4.78 is 12.6. The molecular weight excluding hydrogens is 213 g/mol. The van der Waals surface area contributed by atoms with Crippen LogP contribution in [0.4, 0.5) is 16.0 Å². The molecule has 4 N–H and O–H groups in total. The number of nitrogens with two attached hydrogens (primary N) is 1. The van der Waals surface area contributed by atoms with E-state index in [1.807, 2.05) is 0 Å². The van der Waals surface area contributed by atoms with Gasteiger partial charge in [0.25, 0.3) is 5.91 Å². The molecule has 0 fully saturated rings. The van der Waals surface area contributed by atoms with Gasteiger partial charge in [-0.05, 0) is 24.3 Å². The van der Waals surface area contributed by atoms with Gasteiger partial charge in [0.2, 0.25) is 11.8 Å². The van der Waals surface area contributed by atoms with Crippen LogP contribution in [0.5, 0.6) is 0 Å². The van der Waals surface area contributed by atoms with Crippen LogP contribution in [0.3, 0.4) is 0 Å². The van der Waals surface area contributed by atoms with Gasteiger partial charge in [0.15, 0.2) is 0 Å². The zero-order valence-electron chi connectivity index (χ0n) is 8.07. The molecule has 0 unspecified atom stereocenters. The van der Waals surface area contributed by atoms with E-state index in [0.29, 0.717) is 5.69 Å². The smallest absolute Gasteiger partial charge is 0.293 e. The van der Waals surface area contributed by atoms with Crippen molar-refractivity contribution in [1.82, 2.24) is 15.2 Å². The van der Waals surface area contributed by atoms with Gasteiger partial charge in [-0.1, -0.05) is 0 Å². The predicted molar refractivity (Wildman–Crippen MR) is 55.1 cm³/mol. The number of nitrogen functional groups attached to an aromatic ring is 1. The Labute approximate surface area is 89.7 Å². The topological polar surface area (TPSA) is 96.7 Å². The second-order valence-electron chi connectivity index (χ2n) is 3.00. The van der Waals surface area contributed by atoms with Crippen LogP contribution in [0, 0.1) is 5.82 Å². The lowest BCUT2D eigenvalue weighted by molar-refractivity contribution is 0.101. The maximum Gasteiger partial charge on any atom is 0.293 e. The van der Waals surface area contributed by atoms with E-state index in [1.54, 1.807) is 0 Å². The highest BCUT2D eigenvalue weighted by Gasteiger charge is 2.10. The Kier molecular flexibility index (Phi) is 2.50. The number of halogens is 1. The van der Waals surface area contributed by atoms with E-state index in [0.717, 1.165) is 0 Å². The summed E-state index contributed by atoms with van der Waals surface area (Å²) in [5.41, 5.74) is 5.71. The summed E-state index contributed by atoms with van der Waals surface area (Å²) in [5.74, 6) is -0.871. The molecule has 16 heavy (non-hydrogen) atoms. The maximum atomic E-state index is 12.6. The summed E-state index contributed by atoms with van der Waals surface area (Å²) in [7, 11) is 0. The van der Waals surface area contributed by atoms with Gasteiger partial charge in [-0.25, -0.2) is 4.39 Å². The van der Waals surface area contributed by atoms with Crippen LogP contribution >= 0.6 is 0 Å². The van der Waals surface area contributed by atoms with Crippen LogP contribution in [0.25, 0.3) is 0 Å². The zero-order valence-corrected chi connectivity index (χ0v) is 8.07. The quantitative estimate of drug-likeness (QED) is 0.698. The minimum Gasteiger partial charge on any atom is -0.366 e. The van der Waals surface area contributed by atoms with Crippen molar-refractivity contribution in [2.75, 3.05) is 11.1 Å². The van der Waals surface area contributed by atoms with Gasteiger partial charge in [0.05, 0.1) is 0 Å². The van der Waals surface area contributed by atoms with E-state index in [-0.39, 0.29) is 17.6 Å². The van der Waals surface area contributed by atoms with Gasteiger partial charge in [0.1, 0.15) is 5.82 Å². The van der Waals surface area contributed by atoms with Crippen LogP contribution in [0.2, 0.25) is 0 Å². The summed E-state index contributed by atoms with van der Waals surface area (Å²) in [4.78, 5) is 15.2. The predicted octanol–water partition coefficient (Wildman–Crippen LogP) is 0.778. The summed E-state index contributed by atoms with van der Waals surface area (Å²) in [6.07, 6.45) is 0. The first-order valence-electron chi connectivity index (χ1n) is 4.40. The van der Waals surface area contributed by atoms with Crippen molar-refractivity contribution in [3.8, 4) is 0 Å². The third-order valence-corrected chi connectivity index (χ3v) is 1.82. The second-order valence-corrected chi connectivity index (χ2v) is 3.00. The number of carbonyl (C=O) groups is 1. The number of amides is 1. The van der Waals surface area contributed by atoms with Crippen molar-refractivity contribution >= 4 is 17.5 Å². The first-order valence-corrected chi connectivity index (χ1v) is 4.40. The highest BCUT2D eigenvalue weighted by molar-refractivity contribution is 6.01. The van der Waals surface area contributed by atoms with Crippen molar-refractivity contribution < 1.29 is 9.18 Å². The number of benzene rings is 1. The summed E-state index contributed by atoms with van der Waals surface area (Å²) >= 11 is 0. The number of nitrogens with zero attached hydrogens (tertiary/aromatic N) is 2. The third-order valence-electron chi connectivity index (χ3n) is 1.82. The number of carbonyl (C=O) groups excluding carboxylic acids is 1. The molecule has 2 rings (SSSR count). The van der Waals surface area contributed by atoms with Crippen molar-refractivity contribution in [2.24, 2.45) is 0 Å². The molecule has 7 heteroatoms. The Morgan fingerprint density at radius 2 is 2.06 bits per heavy atom. The normalized spacial score (nSPS) is 10.1. The van der Waals surface area contributed by atoms with Gasteiger partial charge in [-0.2, -0.15) is 4.98 Å². The average molecular weight is 221 g/mol. The third kappa shape index (κ3) is 2.14. The Bertz CT molecular complexity index is 507.